The van der Waals surface area contributed by atoms with Crippen LogP contribution in [0.5, 0.6) is 0 Å². The number of hydrogen-bond donors (Lipinski definition) is 1. The van der Waals surface area contributed by atoms with Crippen LogP contribution in [0.15, 0.2) is 6.20 Å². The molecule has 20 heavy (non-hydrogen) atoms. The second-order valence-electron chi connectivity index (χ2n) is 5.04. The quantitative estimate of drug-likeness (QED) is 0.835. The molecule has 2 atom stereocenters. The molecule has 1 N–H and O–H groups in total. The second-order valence-corrected chi connectivity index (χ2v) is 6.10. The maximum Gasteiger partial charge on any atom is 0.443 e. The van der Waals surface area contributed by atoms with Gasteiger partial charge in [-0.15, -0.1) is 11.3 Å². The molecule has 0 aromatic carbocycles. The smallest absolute Gasteiger partial charge is 0.379 e. The average molecular weight is 308 g/mol. The highest BCUT2D eigenvalue weighted by atomic mass is 32.1. The predicted molar refractivity (Wildman–Crippen MR) is 71.7 cm³/mol. The van der Waals surface area contributed by atoms with Gasteiger partial charge < -0.3 is 10.1 Å². The van der Waals surface area contributed by atoms with Crippen LogP contribution in [0.1, 0.15) is 42.1 Å². The monoisotopic (exact) mass is 308 g/mol. The lowest BCUT2D eigenvalue weighted by Gasteiger charge is -2.26. The van der Waals surface area contributed by atoms with E-state index in [2.05, 4.69) is 10.3 Å². The highest BCUT2D eigenvalue weighted by Gasteiger charge is 2.40. The molecule has 3 nitrogen and oxygen atoms in total. The molecule has 2 unspecified atom stereocenters. The average Bonchev–Trinajstić information content (AvgIpc) is 3.08. The molecule has 1 heterocycles. The molecular weight excluding hydrogens is 289 g/mol. The summed E-state index contributed by atoms with van der Waals surface area (Å²) >= 11 is 0.709. The summed E-state index contributed by atoms with van der Waals surface area (Å²) in [6.07, 6.45) is -0.0531. The van der Waals surface area contributed by atoms with Crippen molar-refractivity contribution >= 4 is 11.3 Å². The van der Waals surface area contributed by atoms with Gasteiger partial charge in [0.2, 0.25) is 0 Å². The van der Waals surface area contributed by atoms with Crippen molar-refractivity contribution in [2.75, 3.05) is 13.7 Å². The fraction of sp³-hybridized carbons (Fsp3) is 0.769. The Morgan fingerprint density at radius 1 is 1.50 bits per heavy atom. The zero-order valence-electron chi connectivity index (χ0n) is 11.5. The first kappa shape index (κ1) is 15.7. The van der Waals surface area contributed by atoms with Gasteiger partial charge >= 0.3 is 6.18 Å². The van der Waals surface area contributed by atoms with Gasteiger partial charge in [0.1, 0.15) is 0 Å². The summed E-state index contributed by atoms with van der Waals surface area (Å²) in [6, 6.07) is -0.207. The SMILES string of the molecule is CCCNC(c1cnc(C(F)(F)F)s1)C(OC)C1CC1. The number of hydrogen-bond acceptors (Lipinski definition) is 4. The lowest BCUT2D eigenvalue weighted by molar-refractivity contribution is -0.137. The van der Waals surface area contributed by atoms with Gasteiger partial charge in [0.25, 0.3) is 0 Å². The molecule has 1 aliphatic carbocycles. The van der Waals surface area contributed by atoms with E-state index < -0.39 is 11.2 Å². The summed E-state index contributed by atoms with van der Waals surface area (Å²) in [5, 5.41) is 2.51. The molecule has 1 saturated carbocycles. The van der Waals surface area contributed by atoms with Crippen LogP contribution in [0.4, 0.5) is 13.2 Å². The van der Waals surface area contributed by atoms with E-state index in [0.29, 0.717) is 22.1 Å². The Morgan fingerprint density at radius 2 is 2.20 bits per heavy atom. The molecule has 0 spiro atoms. The van der Waals surface area contributed by atoms with Crippen molar-refractivity contribution in [2.24, 2.45) is 5.92 Å². The molecule has 0 radical (unpaired) electrons. The fourth-order valence-corrected chi connectivity index (χ4v) is 3.16. The van der Waals surface area contributed by atoms with Crippen LogP contribution in [0.2, 0.25) is 0 Å². The van der Waals surface area contributed by atoms with Crippen LogP contribution in [0, 0.1) is 5.92 Å². The molecule has 114 valence electrons. The first-order valence-corrected chi connectivity index (χ1v) is 7.58. The third kappa shape index (κ3) is 3.71. The molecule has 1 aliphatic rings. The molecule has 0 saturated heterocycles. The fourth-order valence-electron chi connectivity index (χ4n) is 2.27. The van der Waals surface area contributed by atoms with E-state index in [4.69, 9.17) is 4.74 Å². The molecule has 1 aromatic rings. The summed E-state index contributed by atoms with van der Waals surface area (Å²) < 4.78 is 43.5. The van der Waals surface area contributed by atoms with Crippen LogP contribution in [-0.4, -0.2) is 24.7 Å². The normalized spacial score (nSPS) is 19.1. The van der Waals surface area contributed by atoms with Crippen molar-refractivity contribution in [2.45, 2.75) is 44.5 Å². The van der Waals surface area contributed by atoms with Crippen LogP contribution < -0.4 is 5.32 Å². The Balaban J connectivity index is 2.18. The van der Waals surface area contributed by atoms with Gasteiger partial charge in [0.05, 0.1) is 12.1 Å². The van der Waals surface area contributed by atoms with Gasteiger partial charge in [-0.2, -0.15) is 13.2 Å². The molecule has 2 rings (SSSR count). The Kier molecular flexibility index (Phi) is 5.04. The number of methoxy groups -OCH3 is 1. The van der Waals surface area contributed by atoms with Crippen molar-refractivity contribution in [1.29, 1.82) is 0 Å². The Bertz CT molecular complexity index is 431. The lowest BCUT2D eigenvalue weighted by Crippen LogP contribution is -2.34. The molecule has 0 aliphatic heterocycles. The number of halogens is 3. The number of rotatable bonds is 7. The van der Waals surface area contributed by atoms with Gasteiger partial charge in [0, 0.05) is 18.2 Å². The summed E-state index contributed by atoms with van der Waals surface area (Å²) in [4.78, 5) is 4.11. The molecule has 1 fully saturated rings. The van der Waals surface area contributed by atoms with E-state index in [1.807, 2.05) is 6.92 Å². The van der Waals surface area contributed by atoms with Crippen LogP contribution >= 0.6 is 11.3 Å². The first-order valence-electron chi connectivity index (χ1n) is 6.76. The standard InChI is InChI=1S/C13H19F3N2OS/c1-3-6-17-10(11(19-2)8-4-5-8)9-7-18-12(20-9)13(14,15)16/h7-8,10-11,17H,3-6H2,1-2H3. The van der Waals surface area contributed by atoms with Crippen molar-refractivity contribution < 1.29 is 17.9 Å². The highest BCUT2D eigenvalue weighted by Crippen LogP contribution is 2.42. The van der Waals surface area contributed by atoms with E-state index in [1.165, 1.54) is 6.20 Å². The minimum absolute atomic E-state index is 0.0805. The number of nitrogens with one attached hydrogen (secondary N) is 1. The summed E-state index contributed by atoms with van der Waals surface area (Å²) in [5.41, 5.74) is 0. The minimum Gasteiger partial charge on any atom is -0.379 e. The highest BCUT2D eigenvalue weighted by molar-refractivity contribution is 7.11. The molecule has 0 bridgehead atoms. The van der Waals surface area contributed by atoms with E-state index in [-0.39, 0.29) is 12.1 Å². The third-order valence-corrected chi connectivity index (χ3v) is 4.50. The van der Waals surface area contributed by atoms with E-state index in [0.717, 1.165) is 25.8 Å². The third-order valence-electron chi connectivity index (χ3n) is 3.37. The number of alkyl halides is 3. The summed E-state index contributed by atoms with van der Waals surface area (Å²) in [7, 11) is 1.62. The predicted octanol–water partition coefficient (Wildman–Crippen LogP) is 3.63. The number of aromatic nitrogens is 1. The second kappa shape index (κ2) is 6.41. The summed E-state index contributed by atoms with van der Waals surface area (Å²) in [5.74, 6) is 0.436. The number of ether oxygens (including phenoxy) is 1. The maximum atomic E-state index is 12.7. The van der Waals surface area contributed by atoms with Crippen LogP contribution in [0.3, 0.4) is 0 Å². The maximum absolute atomic E-state index is 12.7. The van der Waals surface area contributed by atoms with Gasteiger partial charge in [-0.25, -0.2) is 4.98 Å². The van der Waals surface area contributed by atoms with Gasteiger partial charge in [-0.1, -0.05) is 6.92 Å². The Hall–Kier alpha value is -0.660. The molecular formula is C13H19F3N2OS. The molecule has 7 heteroatoms. The van der Waals surface area contributed by atoms with Gasteiger partial charge in [-0.05, 0) is 31.7 Å². The zero-order chi connectivity index (χ0) is 14.8. The largest absolute Gasteiger partial charge is 0.443 e. The van der Waals surface area contributed by atoms with Gasteiger partial charge in [0.15, 0.2) is 5.01 Å². The Morgan fingerprint density at radius 3 is 2.65 bits per heavy atom. The summed E-state index contributed by atoms with van der Waals surface area (Å²) in [6.45, 7) is 2.77. The van der Waals surface area contributed by atoms with Crippen molar-refractivity contribution in [3.8, 4) is 0 Å². The van der Waals surface area contributed by atoms with E-state index in [1.54, 1.807) is 7.11 Å². The van der Waals surface area contributed by atoms with Crippen molar-refractivity contribution in [3.05, 3.63) is 16.1 Å². The topological polar surface area (TPSA) is 34.2 Å². The van der Waals surface area contributed by atoms with Crippen molar-refractivity contribution in [3.63, 3.8) is 0 Å². The van der Waals surface area contributed by atoms with E-state index >= 15 is 0 Å². The number of thiazole rings is 1. The Labute approximate surface area is 120 Å². The van der Waals surface area contributed by atoms with E-state index in [9.17, 15) is 13.2 Å². The van der Waals surface area contributed by atoms with Gasteiger partial charge in [-0.3, -0.25) is 0 Å². The first-order chi connectivity index (χ1) is 9.47. The lowest BCUT2D eigenvalue weighted by atomic mass is 10.1. The number of nitrogens with zero attached hydrogens (tertiary/aromatic N) is 1. The molecule has 0 amide bonds. The zero-order valence-corrected chi connectivity index (χ0v) is 12.4. The van der Waals surface area contributed by atoms with Crippen LogP contribution in [-0.2, 0) is 10.9 Å². The van der Waals surface area contributed by atoms with Crippen molar-refractivity contribution in [1.82, 2.24) is 10.3 Å². The van der Waals surface area contributed by atoms with Crippen LogP contribution in [0.25, 0.3) is 0 Å². The minimum atomic E-state index is -4.37. The molecule has 1 aromatic heterocycles.